The van der Waals surface area contributed by atoms with Crippen molar-refractivity contribution in [3.8, 4) is 11.4 Å². The van der Waals surface area contributed by atoms with Crippen LogP contribution in [0.5, 0.6) is 0 Å². The van der Waals surface area contributed by atoms with Crippen LogP contribution in [0.15, 0.2) is 54.9 Å². The van der Waals surface area contributed by atoms with Gasteiger partial charge in [-0.05, 0) is 61.7 Å². The van der Waals surface area contributed by atoms with Crippen molar-refractivity contribution in [2.24, 2.45) is 0 Å². The largest absolute Gasteiger partial charge is 0.504 e. The number of halogens is 4. The van der Waals surface area contributed by atoms with E-state index in [-0.39, 0.29) is 34.0 Å². The second-order valence-corrected chi connectivity index (χ2v) is 7.12. The molecular weight excluding hydrogens is 431 g/mol. The average Bonchev–Trinajstić information content (AvgIpc) is 3.22. The van der Waals surface area contributed by atoms with E-state index >= 15 is 0 Å². The average molecular weight is 452 g/mol. The lowest BCUT2D eigenvalue weighted by molar-refractivity contribution is -0.212. The molecule has 164 valence electrons. The molecule has 0 aliphatic carbocycles. The third-order valence-corrected chi connectivity index (χ3v) is 5.11. The monoisotopic (exact) mass is 451 g/mol. The predicted octanol–water partition coefficient (Wildman–Crippen LogP) is 4.56. The summed E-state index contributed by atoms with van der Waals surface area (Å²) < 4.78 is 39.3. The van der Waals surface area contributed by atoms with Crippen molar-refractivity contribution >= 4 is 24.0 Å². The fraction of sp³-hybridized carbons (Fsp3) is 0.286. The first-order valence-corrected chi connectivity index (χ1v) is 9.62. The molecule has 6 nitrogen and oxygen atoms in total. The maximum Gasteiger partial charge on any atom is 0.504 e. The second kappa shape index (κ2) is 9.49. The molecule has 0 spiro atoms. The Hall–Kier alpha value is -2.91. The summed E-state index contributed by atoms with van der Waals surface area (Å²) in [5, 5.41) is 9.54. The van der Waals surface area contributed by atoms with Gasteiger partial charge in [0.05, 0.1) is 11.3 Å². The smallest absolute Gasteiger partial charge is 0.322 e. The lowest BCUT2D eigenvalue weighted by Gasteiger charge is -2.23. The van der Waals surface area contributed by atoms with Crippen LogP contribution >= 0.6 is 12.4 Å². The minimum absolute atomic E-state index is 0. The van der Waals surface area contributed by atoms with Gasteiger partial charge in [0, 0.05) is 18.1 Å². The van der Waals surface area contributed by atoms with Gasteiger partial charge in [0.15, 0.2) is 0 Å². The van der Waals surface area contributed by atoms with Gasteiger partial charge in [-0.1, -0.05) is 18.2 Å². The summed E-state index contributed by atoms with van der Waals surface area (Å²) in [4.78, 5) is 16.8. The molecule has 0 atom stereocenters. The number of benzene rings is 1. The summed E-state index contributed by atoms with van der Waals surface area (Å²) in [5.74, 6) is -0.211. The van der Waals surface area contributed by atoms with Gasteiger partial charge in [-0.25, -0.2) is 0 Å². The van der Waals surface area contributed by atoms with Crippen LogP contribution in [0.1, 0.15) is 34.7 Å². The standard InChI is InChI=1S/C21H20F3N5O.ClH/c22-21(23,24)29-13-17(19(28-29)18-3-1-2-10-26-18)20(30)27-16-6-4-14(5-7-16)15-8-11-25-12-9-15;/h1-7,10,13,15,25H,8-9,11-12H2,(H,27,30);1H. The van der Waals surface area contributed by atoms with Crippen molar-refractivity contribution in [2.75, 3.05) is 18.4 Å². The van der Waals surface area contributed by atoms with Gasteiger partial charge in [0.25, 0.3) is 5.91 Å². The Kier molecular flexibility index (Phi) is 6.97. The number of nitrogens with one attached hydrogen (secondary N) is 2. The fourth-order valence-corrected chi connectivity index (χ4v) is 3.55. The Morgan fingerprint density at radius 3 is 2.42 bits per heavy atom. The molecular formula is C21H21ClF3N5O. The first-order chi connectivity index (χ1) is 14.4. The molecule has 1 aliphatic rings. The van der Waals surface area contributed by atoms with E-state index in [4.69, 9.17) is 0 Å². The van der Waals surface area contributed by atoms with Gasteiger partial charge in [-0.2, -0.15) is 9.78 Å². The Bertz CT molecular complexity index is 1020. The molecule has 3 heterocycles. The van der Waals surface area contributed by atoms with Crippen LogP contribution in [0.4, 0.5) is 18.9 Å². The lowest BCUT2D eigenvalue weighted by Crippen LogP contribution is -2.26. The van der Waals surface area contributed by atoms with E-state index in [0.29, 0.717) is 17.8 Å². The second-order valence-electron chi connectivity index (χ2n) is 7.12. The predicted molar refractivity (Wildman–Crippen MR) is 113 cm³/mol. The third kappa shape index (κ3) is 5.23. The quantitative estimate of drug-likeness (QED) is 0.610. The number of anilines is 1. The number of rotatable bonds is 4. The van der Waals surface area contributed by atoms with Crippen molar-refractivity contribution in [1.82, 2.24) is 20.1 Å². The molecule has 10 heteroatoms. The Balaban J connectivity index is 0.00000272. The van der Waals surface area contributed by atoms with Crippen molar-refractivity contribution in [2.45, 2.75) is 25.1 Å². The SMILES string of the molecule is Cl.O=C(Nc1ccc(C2CCNCC2)cc1)c1cn(C(F)(F)F)nc1-c1ccccn1. The van der Waals surface area contributed by atoms with Crippen molar-refractivity contribution in [3.05, 3.63) is 66.0 Å². The summed E-state index contributed by atoms with van der Waals surface area (Å²) >= 11 is 0. The lowest BCUT2D eigenvalue weighted by atomic mass is 9.90. The number of hydrogen-bond donors (Lipinski definition) is 2. The first kappa shape index (κ1) is 22.8. The molecule has 0 bridgehead atoms. The van der Waals surface area contributed by atoms with Crippen LogP contribution in [0.3, 0.4) is 0 Å². The van der Waals surface area contributed by atoms with Gasteiger partial charge in [0.2, 0.25) is 0 Å². The van der Waals surface area contributed by atoms with Crippen molar-refractivity contribution in [1.29, 1.82) is 0 Å². The van der Waals surface area contributed by atoms with Crippen molar-refractivity contribution < 1.29 is 18.0 Å². The van der Waals surface area contributed by atoms with Gasteiger partial charge < -0.3 is 10.6 Å². The molecule has 0 radical (unpaired) electrons. The number of carbonyl (C=O) groups is 1. The number of carbonyl (C=O) groups excluding carboxylic acids is 1. The first-order valence-electron chi connectivity index (χ1n) is 9.62. The minimum Gasteiger partial charge on any atom is -0.322 e. The van der Waals surface area contributed by atoms with Gasteiger partial charge in [-0.3, -0.25) is 9.78 Å². The molecule has 3 aromatic rings. The zero-order valence-corrected chi connectivity index (χ0v) is 17.2. The Morgan fingerprint density at radius 2 is 1.81 bits per heavy atom. The third-order valence-electron chi connectivity index (χ3n) is 5.11. The molecule has 2 N–H and O–H groups in total. The minimum atomic E-state index is -4.74. The molecule has 1 aromatic carbocycles. The van der Waals surface area contributed by atoms with Crippen LogP contribution in [-0.2, 0) is 6.30 Å². The summed E-state index contributed by atoms with van der Waals surface area (Å²) in [6.45, 7) is 1.95. The van der Waals surface area contributed by atoms with E-state index in [2.05, 4.69) is 20.7 Å². The Labute approximate surface area is 183 Å². The van der Waals surface area contributed by atoms with E-state index in [1.165, 1.54) is 17.8 Å². The van der Waals surface area contributed by atoms with Crippen LogP contribution in [0.2, 0.25) is 0 Å². The molecule has 31 heavy (non-hydrogen) atoms. The highest BCUT2D eigenvalue weighted by atomic mass is 35.5. The number of alkyl halides is 3. The summed E-state index contributed by atoms with van der Waals surface area (Å²) in [7, 11) is 0. The molecule has 1 aliphatic heterocycles. The number of aromatic nitrogens is 3. The molecule has 4 rings (SSSR count). The maximum absolute atomic E-state index is 13.2. The molecule has 2 aromatic heterocycles. The molecule has 0 unspecified atom stereocenters. The zero-order valence-electron chi connectivity index (χ0n) is 16.4. The summed E-state index contributed by atoms with van der Waals surface area (Å²) in [6.07, 6.45) is -0.518. The number of pyridine rings is 1. The normalized spacial score (nSPS) is 14.7. The van der Waals surface area contributed by atoms with E-state index in [1.54, 1.807) is 24.3 Å². The summed E-state index contributed by atoms with van der Waals surface area (Å²) in [6, 6.07) is 12.2. The van der Waals surface area contributed by atoms with Crippen LogP contribution in [0, 0.1) is 0 Å². The van der Waals surface area contributed by atoms with Gasteiger partial charge in [-0.15, -0.1) is 25.6 Å². The molecule has 1 amide bonds. The molecule has 0 saturated carbocycles. The van der Waals surface area contributed by atoms with Gasteiger partial charge >= 0.3 is 6.30 Å². The number of amides is 1. The number of piperidine rings is 1. The van der Waals surface area contributed by atoms with E-state index in [0.717, 1.165) is 25.9 Å². The number of hydrogen-bond acceptors (Lipinski definition) is 4. The van der Waals surface area contributed by atoms with Crippen LogP contribution < -0.4 is 10.6 Å². The summed E-state index contributed by atoms with van der Waals surface area (Å²) in [5.41, 5.74) is 1.55. The number of nitrogens with zero attached hydrogens (tertiary/aromatic N) is 3. The van der Waals surface area contributed by atoms with Crippen LogP contribution in [0.25, 0.3) is 11.4 Å². The van der Waals surface area contributed by atoms with E-state index < -0.39 is 12.2 Å². The van der Waals surface area contributed by atoms with E-state index in [1.807, 2.05) is 12.1 Å². The van der Waals surface area contributed by atoms with Crippen molar-refractivity contribution in [3.63, 3.8) is 0 Å². The molecule has 1 saturated heterocycles. The topological polar surface area (TPSA) is 71.8 Å². The Morgan fingerprint density at radius 1 is 1.10 bits per heavy atom. The van der Waals surface area contributed by atoms with Gasteiger partial charge in [0.1, 0.15) is 5.69 Å². The highest BCUT2D eigenvalue weighted by Crippen LogP contribution is 2.29. The fourth-order valence-electron chi connectivity index (χ4n) is 3.55. The van der Waals surface area contributed by atoms with Crippen LogP contribution in [-0.4, -0.2) is 33.8 Å². The van der Waals surface area contributed by atoms with E-state index in [9.17, 15) is 18.0 Å². The highest BCUT2D eigenvalue weighted by molar-refractivity contribution is 6.07. The molecule has 1 fully saturated rings. The zero-order chi connectivity index (χ0) is 21.1. The maximum atomic E-state index is 13.2. The highest BCUT2D eigenvalue weighted by Gasteiger charge is 2.34.